The molecule has 5 heteroatoms. The van der Waals surface area contributed by atoms with Gasteiger partial charge >= 0.3 is 5.97 Å². The average molecular weight is 242 g/mol. The number of nitrogens with zero attached hydrogens (tertiary/aromatic N) is 1. The predicted octanol–water partition coefficient (Wildman–Crippen LogP) is 0.971. The predicted molar refractivity (Wildman–Crippen MR) is 64.5 cm³/mol. The third-order valence-electron chi connectivity index (χ3n) is 3.20. The minimum Gasteiger partial charge on any atom is -0.480 e. The zero-order chi connectivity index (χ0) is 12.7. The number of carboxylic acid groups (broad SMARTS) is 1. The molecule has 1 aliphatic rings. The van der Waals surface area contributed by atoms with Gasteiger partial charge < -0.3 is 15.7 Å². The van der Waals surface area contributed by atoms with Crippen molar-refractivity contribution in [3.8, 4) is 0 Å². The van der Waals surface area contributed by atoms with Gasteiger partial charge in [0.15, 0.2) is 0 Å². The normalized spacial score (nSPS) is 19.6. The molecule has 0 bridgehead atoms. The van der Waals surface area contributed by atoms with Gasteiger partial charge in [-0.1, -0.05) is 12.8 Å². The molecule has 0 aromatic carbocycles. The van der Waals surface area contributed by atoms with Crippen molar-refractivity contribution in [2.24, 2.45) is 5.73 Å². The first-order valence-electron chi connectivity index (χ1n) is 6.39. The molecule has 0 spiro atoms. The second-order valence-electron chi connectivity index (χ2n) is 4.54. The van der Waals surface area contributed by atoms with Crippen molar-refractivity contribution >= 4 is 11.9 Å². The summed E-state index contributed by atoms with van der Waals surface area (Å²) in [5, 5.41) is 8.97. The van der Waals surface area contributed by atoms with Crippen molar-refractivity contribution in [3.05, 3.63) is 0 Å². The van der Waals surface area contributed by atoms with Crippen LogP contribution in [0.3, 0.4) is 0 Å². The summed E-state index contributed by atoms with van der Waals surface area (Å²) in [5.74, 6) is -0.887. The molecule has 0 saturated carbocycles. The van der Waals surface area contributed by atoms with E-state index >= 15 is 0 Å². The van der Waals surface area contributed by atoms with Crippen molar-refractivity contribution < 1.29 is 14.7 Å². The van der Waals surface area contributed by atoms with Gasteiger partial charge in [-0.25, -0.2) is 4.79 Å². The highest BCUT2D eigenvalue weighted by molar-refractivity contribution is 5.84. The van der Waals surface area contributed by atoms with Crippen LogP contribution in [0.15, 0.2) is 0 Å². The fourth-order valence-electron chi connectivity index (χ4n) is 2.24. The SMILES string of the molecule is NCCCCCCC(=O)N1CCC[C@@H]1C(=O)O. The molecule has 17 heavy (non-hydrogen) atoms. The van der Waals surface area contributed by atoms with Crippen LogP contribution in [0.4, 0.5) is 0 Å². The molecule has 98 valence electrons. The van der Waals surface area contributed by atoms with E-state index in [1.165, 1.54) is 4.90 Å². The number of unbranched alkanes of at least 4 members (excludes halogenated alkanes) is 3. The molecule has 0 radical (unpaired) electrons. The van der Waals surface area contributed by atoms with E-state index in [1.807, 2.05) is 0 Å². The van der Waals surface area contributed by atoms with Crippen molar-refractivity contribution in [2.75, 3.05) is 13.1 Å². The summed E-state index contributed by atoms with van der Waals surface area (Å²) >= 11 is 0. The molecule has 5 nitrogen and oxygen atoms in total. The molecular weight excluding hydrogens is 220 g/mol. The maximum atomic E-state index is 11.8. The van der Waals surface area contributed by atoms with Crippen molar-refractivity contribution in [1.82, 2.24) is 4.90 Å². The molecule has 0 aromatic heterocycles. The maximum absolute atomic E-state index is 11.8. The number of hydrogen-bond acceptors (Lipinski definition) is 3. The number of aliphatic carboxylic acids is 1. The number of likely N-dealkylation sites (tertiary alicyclic amines) is 1. The summed E-state index contributed by atoms with van der Waals surface area (Å²) < 4.78 is 0. The number of rotatable bonds is 7. The number of amides is 1. The van der Waals surface area contributed by atoms with Gasteiger partial charge in [-0.2, -0.15) is 0 Å². The van der Waals surface area contributed by atoms with E-state index in [0.29, 0.717) is 25.9 Å². The Morgan fingerprint density at radius 1 is 1.24 bits per heavy atom. The van der Waals surface area contributed by atoms with Gasteiger partial charge in [0.1, 0.15) is 6.04 Å². The zero-order valence-electron chi connectivity index (χ0n) is 10.2. The van der Waals surface area contributed by atoms with Gasteiger partial charge in [0.2, 0.25) is 5.91 Å². The van der Waals surface area contributed by atoms with Crippen LogP contribution >= 0.6 is 0 Å². The van der Waals surface area contributed by atoms with Gasteiger partial charge in [0, 0.05) is 13.0 Å². The molecule has 1 fully saturated rings. The Balaban J connectivity index is 2.25. The number of carbonyl (C=O) groups excluding carboxylic acids is 1. The van der Waals surface area contributed by atoms with Crippen LogP contribution in [0.25, 0.3) is 0 Å². The molecule has 3 N–H and O–H groups in total. The molecule has 1 saturated heterocycles. The summed E-state index contributed by atoms with van der Waals surface area (Å²) in [6, 6.07) is -0.591. The Hall–Kier alpha value is -1.10. The maximum Gasteiger partial charge on any atom is 0.326 e. The van der Waals surface area contributed by atoms with E-state index in [9.17, 15) is 9.59 Å². The lowest BCUT2D eigenvalue weighted by Crippen LogP contribution is -2.40. The summed E-state index contributed by atoms with van der Waals surface area (Å²) in [6.07, 6.45) is 5.73. The first kappa shape index (κ1) is 14.0. The Bertz CT molecular complexity index is 268. The fraction of sp³-hybridized carbons (Fsp3) is 0.833. The Morgan fingerprint density at radius 3 is 2.59 bits per heavy atom. The molecule has 0 aromatic rings. The van der Waals surface area contributed by atoms with Crippen LogP contribution in [0.2, 0.25) is 0 Å². The lowest BCUT2D eigenvalue weighted by atomic mass is 10.1. The summed E-state index contributed by atoms with van der Waals surface area (Å²) in [7, 11) is 0. The van der Waals surface area contributed by atoms with Crippen molar-refractivity contribution in [3.63, 3.8) is 0 Å². The lowest BCUT2D eigenvalue weighted by molar-refractivity contribution is -0.148. The number of carboxylic acids is 1. The third-order valence-corrected chi connectivity index (χ3v) is 3.20. The standard InChI is InChI=1S/C12H22N2O3/c13-8-4-2-1-3-7-11(15)14-9-5-6-10(14)12(16)17/h10H,1-9,13H2,(H,16,17)/t10-/m1/s1. The van der Waals surface area contributed by atoms with E-state index in [0.717, 1.165) is 32.1 Å². The molecule has 1 rings (SSSR count). The van der Waals surface area contributed by atoms with Crippen LogP contribution in [0, 0.1) is 0 Å². The molecule has 1 atom stereocenters. The highest BCUT2D eigenvalue weighted by Gasteiger charge is 2.33. The number of carbonyl (C=O) groups is 2. The average Bonchev–Trinajstić information content (AvgIpc) is 2.77. The van der Waals surface area contributed by atoms with Crippen LogP contribution in [0.1, 0.15) is 44.9 Å². The molecule has 1 amide bonds. The smallest absolute Gasteiger partial charge is 0.326 e. The monoisotopic (exact) mass is 242 g/mol. The van der Waals surface area contributed by atoms with Crippen LogP contribution in [-0.2, 0) is 9.59 Å². The van der Waals surface area contributed by atoms with Crippen LogP contribution in [0.5, 0.6) is 0 Å². The van der Waals surface area contributed by atoms with Gasteiger partial charge in [0.25, 0.3) is 0 Å². The first-order valence-corrected chi connectivity index (χ1v) is 6.39. The highest BCUT2D eigenvalue weighted by atomic mass is 16.4. The molecular formula is C12H22N2O3. The summed E-state index contributed by atoms with van der Waals surface area (Å²) in [6.45, 7) is 1.29. The Morgan fingerprint density at radius 2 is 1.94 bits per heavy atom. The lowest BCUT2D eigenvalue weighted by Gasteiger charge is -2.21. The number of nitrogens with two attached hydrogens (primary N) is 1. The van der Waals surface area contributed by atoms with Gasteiger partial charge in [-0.05, 0) is 32.2 Å². The number of hydrogen-bond donors (Lipinski definition) is 2. The minimum absolute atomic E-state index is 0.0114. The van der Waals surface area contributed by atoms with Crippen molar-refractivity contribution in [2.45, 2.75) is 51.0 Å². The van der Waals surface area contributed by atoms with Gasteiger partial charge in [-0.15, -0.1) is 0 Å². The van der Waals surface area contributed by atoms with E-state index in [1.54, 1.807) is 0 Å². The van der Waals surface area contributed by atoms with E-state index < -0.39 is 12.0 Å². The van der Waals surface area contributed by atoms with Gasteiger partial charge in [0.05, 0.1) is 0 Å². The first-order chi connectivity index (χ1) is 8.16. The largest absolute Gasteiger partial charge is 0.480 e. The van der Waals surface area contributed by atoms with Gasteiger partial charge in [-0.3, -0.25) is 4.79 Å². The molecule has 0 aliphatic carbocycles. The summed E-state index contributed by atoms with van der Waals surface area (Å²) in [5.41, 5.74) is 5.38. The van der Waals surface area contributed by atoms with E-state index in [2.05, 4.69) is 0 Å². The second kappa shape index (κ2) is 7.27. The molecule has 1 aliphatic heterocycles. The minimum atomic E-state index is -0.876. The van der Waals surface area contributed by atoms with Crippen molar-refractivity contribution in [1.29, 1.82) is 0 Å². The van der Waals surface area contributed by atoms with E-state index in [-0.39, 0.29) is 5.91 Å². The molecule has 1 heterocycles. The van der Waals surface area contributed by atoms with Crippen LogP contribution in [-0.4, -0.2) is 41.0 Å². The topological polar surface area (TPSA) is 83.6 Å². The Labute approximate surface area is 102 Å². The van der Waals surface area contributed by atoms with Crippen LogP contribution < -0.4 is 5.73 Å². The zero-order valence-corrected chi connectivity index (χ0v) is 10.2. The van der Waals surface area contributed by atoms with E-state index in [4.69, 9.17) is 10.8 Å². The quantitative estimate of drug-likeness (QED) is 0.652. The third kappa shape index (κ3) is 4.34. The fourth-order valence-corrected chi connectivity index (χ4v) is 2.24. The second-order valence-corrected chi connectivity index (χ2v) is 4.54. The molecule has 0 unspecified atom stereocenters. The highest BCUT2D eigenvalue weighted by Crippen LogP contribution is 2.19. The summed E-state index contributed by atoms with van der Waals surface area (Å²) in [4.78, 5) is 24.3. The Kier molecular flexibility index (Phi) is 5.97.